The standard InChI is InChI=1S/C24H29NO3/c1-4-15-25(21-12-11-19-7-5-6-8-20(19)17-21)24(26)14-10-18-9-13-22(27-2)23(16-18)28-3/h5-10,13-14,16,21H,4,11-12,15,17H2,1-3H3. The average Bonchev–Trinajstić information content (AvgIpc) is 2.75. The molecule has 4 nitrogen and oxygen atoms in total. The van der Waals surface area contributed by atoms with E-state index in [1.807, 2.05) is 29.2 Å². The van der Waals surface area contributed by atoms with Gasteiger partial charge in [-0.25, -0.2) is 0 Å². The van der Waals surface area contributed by atoms with Crippen molar-refractivity contribution in [3.05, 3.63) is 65.2 Å². The van der Waals surface area contributed by atoms with Gasteiger partial charge in [0.05, 0.1) is 14.2 Å². The summed E-state index contributed by atoms with van der Waals surface area (Å²) in [5.74, 6) is 1.41. The molecule has 0 saturated carbocycles. The minimum Gasteiger partial charge on any atom is -0.493 e. The van der Waals surface area contributed by atoms with Crippen LogP contribution in [0.2, 0.25) is 0 Å². The van der Waals surface area contributed by atoms with Crippen LogP contribution in [-0.4, -0.2) is 37.6 Å². The molecule has 0 heterocycles. The summed E-state index contributed by atoms with van der Waals surface area (Å²) in [7, 11) is 3.22. The molecule has 4 heteroatoms. The molecule has 1 aliphatic carbocycles. The average molecular weight is 380 g/mol. The lowest BCUT2D eigenvalue weighted by Crippen LogP contribution is -2.43. The second-order valence-electron chi connectivity index (χ2n) is 7.14. The molecule has 0 aliphatic heterocycles. The number of ether oxygens (including phenoxy) is 2. The molecule has 28 heavy (non-hydrogen) atoms. The number of fused-ring (bicyclic) bond motifs is 1. The molecule has 1 unspecified atom stereocenters. The third-order valence-corrected chi connectivity index (χ3v) is 5.34. The monoisotopic (exact) mass is 379 g/mol. The Labute approximate surface area is 167 Å². The zero-order valence-electron chi connectivity index (χ0n) is 17.0. The smallest absolute Gasteiger partial charge is 0.246 e. The van der Waals surface area contributed by atoms with Crippen molar-refractivity contribution in [1.29, 1.82) is 0 Å². The maximum absolute atomic E-state index is 13.0. The van der Waals surface area contributed by atoms with E-state index in [4.69, 9.17) is 9.47 Å². The van der Waals surface area contributed by atoms with Crippen LogP contribution in [0.3, 0.4) is 0 Å². The predicted molar refractivity (Wildman–Crippen MR) is 113 cm³/mol. The van der Waals surface area contributed by atoms with Gasteiger partial charge in [0, 0.05) is 18.7 Å². The van der Waals surface area contributed by atoms with Gasteiger partial charge in [-0.05, 0) is 60.6 Å². The lowest BCUT2D eigenvalue weighted by atomic mass is 9.87. The van der Waals surface area contributed by atoms with Crippen LogP contribution < -0.4 is 9.47 Å². The Morgan fingerprint density at radius 1 is 1.11 bits per heavy atom. The van der Waals surface area contributed by atoms with Crippen molar-refractivity contribution in [3.8, 4) is 11.5 Å². The molecular formula is C24H29NO3. The van der Waals surface area contributed by atoms with Gasteiger partial charge < -0.3 is 14.4 Å². The molecule has 3 rings (SSSR count). The van der Waals surface area contributed by atoms with Crippen molar-refractivity contribution in [2.45, 2.75) is 38.6 Å². The Morgan fingerprint density at radius 2 is 1.86 bits per heavy atom. The summed E-state index contributed by atoms with van der Waals surface area (Å²) in [6.45, 7) is 2.90. The predicted octanol–water partition coefficient (Wildman–Crippen LogP) is 4.51. The summed E-state index contributed by atoms with van der Waals surface area (Å²) in [6.07, 6.45) is 7.47. The van der Waals surface area contributed by atoms with Gasteiger partial charge in [-0.1, -0.05) is 37.3 Å². The number of methoxy groups -OCH3 is 2. The van der Waals surface area contributed by atoms with Crippen molar-refractivity contribution < 1.29 is 14.3 Å². The molecule has 1 aliphatic rings. The summed E-state index contributed by atoms with van der Waals surface area (Å²) in [5, 5.41) is 0. The molecule has 2 aromatic carbocycles. The Hall–Kier alpha value is -2.75. The van der Waals surface area contributed by atoms with Gasteiger partial charge in [-0.15, -0.1) is 0 Å². The number of nitrogens with zero attached hydrogens (tertiary/aromatic N) is 1. The zero-order valence-corrected chi connectivity index (χ0v) is 17.0. The van der Waals surface area contributed by atoms with Crippen molar-refractivity contribution in [2.75, 3.05) is 20.8 Å². The Balaban J connectivity index is 1.74. The molecule has 148 valence electrons. The molecule has 2 aromatic rings. The second-order valence-corrected chi connectivity index (χ2v) is 7.14. The molecular weight excluding hydrogens is 350 g/mol. The molecule has 0 fully saturated rings. The van der Waals surface area contributed by atoms with E-state index in [9.17, 15) is 4.79 Å². The van der Waals surface area contributed by atoms with E-state index >= 15 is 0 Å². The molecule has 0 spiro atoms. The zero-order chi connectivity index (χ0) is 19.9. The molecule has 0 bridgehead atoms. The highest BCUT2D eigenvalue weighted by atomic mass is 16.5. The highest BCUT2D eigenvalue weighted by molar-refractivity contribution is 5.92. The molecule has 1 amide bonds. The Morgan fingerprint density at radius 3 is 2.57 bits per heavy atom. The molecule has 0 radical (unpaired) electrons. The number of benzene rings is 2. The third kappa shape index (κ3) is 4.56. The molecule has 0 saturated heterocycles. The van der Waals surface area contributed by atoms with Gasteiger partial charge in [0.1, 0.15) is 0 Å². The van der Waals surface area contributed by atoms with Crippen LogP contribution >= 0.6 is 0 Å². The Bertz CT molecular complexity index is 843. The maximum Gasteiger partial charge on any atom is 0.246 e. The van der Waals surface area contributed by atoms with E-state index in [2.05, 4.69) is 31.2 Å². The number of hydrogen-bond donors (Lipinski definition) is 0. The van der Waals surface area contributed by atoms with Crippen LogP contribution in [0.15, 0.2) is 48.5 Å². The minimum absolute atomic E-state index is 0.0704. The van der Waals surface area contributed by atoms with Crippen LogP contribution in [0, 0.1) is 0 Å². The fraction of sp³-hybridized carbons (Fsp3) is 0.375. The van der Waals surface area contributed by atoms with Crippen molar-refractivity contribution >= 4 is 12.0 Å². The second kappa shape index (κ2) is 9.45. The van der Waals surface area contributed by atoms with Crippen molar-refractivity contribution in [3.63, 3.8) is 0 Å². The topological polar surface area (TPSA) is 38.8 Å². The number of carbonyl (C=O) groups excluding carboxylic acids is 1. The van der Waals surface area contributed by atoms with E-state index in [-0.39, 0.29) is 11.9 Å². The van der Waals surface area contributed by atoms with Gasteiger partial charge in [0.2, 0.25) is 5.91 Å². The van der Waals surface area contributed by atoms with Crippen LogP contribution in [-0.2, 0) is 17.6 Å². The summed E-state index contributed by atoms with van der Waals surface area (Å²) < 4.78 is 10.6. The van der Waals surface area contributed by atoms with Crippen molar-refractivity contribution in [2.24, 2.45) is 0 Å². The van der Waals surface area contributed by atoms with Gasteiger partial charge in [0.15, 0.2) is 11.5 Å². The summed E-state index contributed by atoms with van der Waals surface area (Å²) in [6, 6.07) is 14.5. The fourth-order valence-corrected chi connectivity index (χ4v) is 3.88. The van der Waals surface area contributed by atoms with E-state index in [0.29, 0.717) is 11.5 Å². The highest BCUT2D eigenvalue weighted by Crippen LogP contribution is 2.28. The molecule has 1 atom stereocenters. The molecule has 0 N–H and O–H groups in total. The third-order valence-electron chi connectivity index (χ3n) is 5.34. The van der Waals surface area contributed by atoms with Crippen molar-refractivity contribution in [1.82, 2.24) is 4.90 Å². The fourth-order valence-electron chi connectivity index (χ4n) is 3.88. The van der Waals surface area contributed by atoms with E-state index in [0.717, 1.165) is 37.8 Å². The highest BCUT2D eigenvalue weighted by Gasteiger charge is 2.26. The van der Waals surface area contributed by atoms with E-state index < -0.39 is 0 Å². The first kappa shape index (κ1) is 20.0. The van der Waals surface area contributed by atoms with E-state index in [1.165, 1.54) is 11.1 Å². The van der Waals surface area contributed by atoms with Gasteiger partial charge >= 0.3 is 0 Å². The summed E-state index contributed by atoms with van der Waals surface area (Å²) in [5.41, 5.74) is 3.71. The van der Waals surface area contributed by atoms with Crippen LogP contribution in [0.25, 0.3) is 6.08 Å². The first-order valence-corrected chi connectivity index (χ1v) is 9.93. The summed E-state index contributed by atoms with van der Waals surface area (Å²) in [4.78, 5) is 15.0. The first-order chi connectivity index (χ1) is 13.7. The van der Waals surface area contributed by atoms with Gasteiger partial charge in [0.25, 0.3) is 0 Å². The lowest BCUT2D eigenvalue weighted by Gasteiger charge is -2.34. The van der Waals surface area contributed by atoms with E-state index in [1.54, 1.807) is 20.3 Å². The quantitative estimate of drug-likeness (QED) is 0.664. The number of rotatable bonds is 7. The normalized spacial score (nSPS) is 15.9. The SMILES string of the molecule is CCCN(C(=O)C=Cc1ccc(OC)c(OC)c1)C1CCc2ccccc2C1. The molecule has 0 aromatic heterocycles. The Kier molecular flexibility index (Phi) is 6.75. The van der Waals surface area contributed by atoms with Crippen LogP contribution in [0.5, 0.6) is 11.5 Å². The summed E-state index contributed by atoms with van der Waals surface area (Å²) >= 11 is 0. The maximum atomic E-state index is 13.0. The van der Waals surface area contributed by atoms with Crippen LogP contribution in [0.1, 0.15) is 36.5 Å². The van der Waals surface area contributed by atoms with Crippen LogP contribution in [0.4, 0.5) is 0 Å². The first-order valence-electron chi connectivity index (χ1n) is 9.93. The van der Waals surface area contributed by atoms with Gasteiger partial charge in [-0.2, -0.15) is 0 Å². The van der Waals surface area contributed by atoms with Gasteiger partial charge in [-0.3, -0.25) is 4.79 Å². The number of aryl methyl sites for hydroxylation is 1. The minimum atomic E-state index is 0.0704. The lowest BCUT2D eigenvalue weighted by molar-refractivity contribution is -0.128. The number of hydrogen-bond acceptors (Lipinski definition) is 3. The number of amides is 1. The number of carbonyl (C=O) groups is 1. The largest absolute Gasteiger partial charge is 0.493 e.